The van der Waals surface area contributed by atoms with Gasteiger partial charge in [0.15, 0.2) is 0 Å². The van der Waals surface area contributed by atoms with Crippen LogP contribution in [0, 0.1) is 0 Å². The molecule has 192 valence electrons. The molecule has 1 amide bonds. The highest BCUT2D eigenvalue weighted by molar-refractivity contribution is 6.07. The van der Waals surface area contributed by atoms with Crippen molar-refractivity contribution >= 4 is 27.6 Å². The summed E-state index contributed by atoms with van der Waals surface area (Å²) in [4.78, 5) is 34.6. The Bertz CT molecular complexity index is 1660. The highest BCUT2D eigenvalue weighted by atomic mass is 16.5. The second-order valence-electron chi connectivity index (χ2n) is 9.02. The number of carbonyl (C=O) groups is 1. The Hall–Kier alpha value is -4.49. The molecule has 1 atom stereocenters. The van der Waals surface area contributed by atoms with Crippen molar-refractivity contribution in [2.75, 3.05) is 27.4 Å². The molecule has 0 N–H and O–H groups in total. The number of nitrogens with zero attached hydrogens (tertiary/aromatic N) is 3. The van der Waals surface area contributed by atoms with Gasteiger partial charge >= 0.3 is 0 Å². The predicted molar refractivity (Wildman–Crippen MR) is 149 cm³/mol. The van der Waals surface area contributed by atoms with E-state index in [-0.39, 0.29) is 11.5 Å². The lowest BCUT2D eigenvalue weighted by Gasteiger charge is -2.31. The van der Waals surface area contributed by atoms with Gasteiger partial charge in [0.25, 0.3) is 11.5 Å². The molecule has 0 saturated carbocycles. The van der Waals surface area contributed by atoms with Gasteiger partial charge in [-0.1, -0.05) is 48.5 Å². The summed E-state index contributed by atoms with van der Waals surface area (Å²) in [6.07, 6.45) is 0. The molecule has 1 aromatic heterocycles. The zero-order chi connectivity index (χ0) is 26.6. The first-order chi connectivity index (χ1) is 18.5. The first kappa shape index (κ1) is 25.2. The smallest absolute Gasteiger partial charge is 0.266 e. The first-order valence-electron chi connectivity index (χ1n) is 12.5. The van der Waals surface area contributed by atoms with Crippen molar-refractivity contribution in [1.29, 1.82) is 0 Å². The fourth-order valence-corrected chi connectivity index (χ4v) is 4.78. The van der Waals surface area contributed by atoms with E-state index in [1.165, 1.54) is 0 Å². The van der Waals surface area contributed by atoms with Crippen molar-refractivity contribution in [3.63, 3.8) is 0 Å². The average molecular weight is 508 g/mol. The maximum Gasteiger partial charge on any atom is 0.266 e. The summed E-state index contributed by atoms with van der Waals surface area (Å²) >= 11 is 0. The molecular formula is C31H29N3O4. The third-order valence-electron chi connectivity index (χ3n) is 6.79. The Morgan fingerprint density at radius 2 is 1.58 bits per heavy atom. The molecule has 0 aliphatic rings. The summed E-state index contributed by atoms with van der Waals surface area (Å²) in [5.41, 5.74) is 1.60. The Morgan fingerprint density at radius 3 is 2.32 bits per heavy atom. The molecule has 5 rings (SSSR count). The number of fused-ring (bicyclic) bond motifs is 2. The van der Waals surface area contributed by atoms with Crippen LogP contribution in [0.1, 0.15) is 29.1 Å². The van der Waals surface area contributed by atoms with Crippen molar-refractivity contribution < 1.29 is 14.3 Å². The van der Waals surface area contributed by atoms with Crippen LogP contribution in [0.4, 0.5) is 0 Å². The molecule has 5 aromatic rings. The molecule has 0 bridgehead atoms. The average Bonchev–Trinajstić information content (AvgIpc) is 2.97. The molecule has 7 heteroatoms. The van der Waals surface area contributed by atoms with Crippen molar-refractivity contribution in [2.45, 2.75) is 13.0 Å². The lowest BCUT2D eigenvalue weighted by molar-refractivity contribution is 0.0607. The van der Waals surface area contributed by atoms with E-state index in [1.54, 1.807) is 41.9 Å². The van der Waals surface area contributed by atoms with Crippen LogP contribution < -0.4 is 10.3 Å². The maximum atomic E-state index is 14.1. The zero-order valence-electron chi connectivity index (χ0n) is 21.6. The lowest BCUT2D eigenvalue weighted by atomic mass is 10.0. The van der Waals surface area contributed by atoms with Crippen LogP contribution in [0.3, 0.4) is 0 Å². The number of para-hydroxylation sites is 1. The lowest BCUT2D eigenvalue weighted by Crippen LogP contribution is -2.39. The van der Waals surface area contributed by atoms with Crippen molar-refractivity contribution in [3.05, 3.63) is 113 Å². The standard InChI is InChI=1S/C31H29N3O4/c1-21(33(19-20-37-2)30(35)26-13-8-10-22-9-4-5-11-25(22)26)29-32-28-14-7-6-12-27(28)31(36)34(29)23-15-17-24(38-3)18-16-23/h4-18,21H,19-20H2,1-3H3. The predicted octanol–water partition coefficient (Wildman–Crippen LogP) is 5.40. The summed E-state index contributed by atoms with van der Waals surface area (Å²) in [6, 6.07) is 27.5. The van der Waals surface area contributed by atoms with E-state index in [9.17, 15) is 9.59 Å². The number of hydrogen-bond donors (Lipinski definition) is 0. The van der Waals surface area contributed by atoms with E-state index >= 15 is 0 Å². The van der Waals surface area contributed by atoms with Gasteiger partial charge in [0.2, 0.25) is 0 Å². The number of benzene rings is 4. The largest absolute Gasteiger partial charge is 0.497 e. The van der Waals surface area contributed by atoms with Crippen LogP contribution in [0.25, 0.3) is 27.4 Å². The zero-order valence-corrected chi connectivity index (χ0v) is 21.6. The fraction of sp³-hybridized carbons (Fsp3) is 0.194. The molecule has 7 nitrogen and oxygen atoms in total. The molecular weight excluding hydrogens is 478 g/mol. The molecule has 38 heavy (non-hydrogen) atoms. The quantitative estimate of drug-likeness (QED) is 0.281. The van der Waals surface area contributed by atoms with E-state index in [1.807, 2.05) is 79.7 Å². The fourth-order valence-electron chi connectivity index (χ4n) is 4.78. The van der Waals surface area contributed by atoms with E-state index < -0.39 is 6.04 Å². The van der Waals surface area contributed by atoms with Gasteiger partial charge in [-0.3, -0.25) is 14.2 Å². The minimum absolute atomic E-state index is 0.157. The molecule has 0 fully saturated rings. The molecule has 0 spiro atoms. The number of rotatable bonds is 8. The highest BCUT2D eigenvalue weighted by Gasteiger charge is 2.28. The van der Waals surface area contributed by atoms with Crippen LogP contribution in [-0.4, -0.2) is 47.7 Å². The molecule has 0 aliphatic carbocycles. The third-order valence-corrected chi connectivity index (χ3v) is 6.79. The molecule has 4 aromatic carbocycles. The van der Waals surface area contributed by atoms with Gasteiger partial charge in [-0.2, -0.15) is 0 Å². The van der Waals surface area contributed by atoms with Gasteiger partial charge in [0.05, 0.1) is 36.3 Å². The van der Waals surface area contributed by atoms with E-state index in [4.69, 9.17) is 14.5 Å². The van der Waals surface area contributed by atoms with Gasteiger partial charge in [0.1, 0.15) is 11.6 Å². The van der Waals surface area contributed by atoms with Crippen LogP contribution >= 0.6 is 0 Å². The number of ether oxygens (including phenoxy) is 2. The molecule has 1 heterocycles. The molecule has 0 aliphatic heterocycles. The van der Waals surface area contributed by atoms with Crippen LogP contribution in [0.5, 0.6) is 5.75 Å². The maximum absolute atomic E-state index is 14.1. The van der Waals surface area contributed by atoms with Gasteiger partial charge in [-0.05, 0) is 60.2 Å². The van der Waals surface area contributed by atoms with E-state index in [0.29, 0.717) is 46.9 Å². The van der Waals surface area contributed by atoms with Crippen molar-refractivity contribution in [1.82, 2.24) is 14.5 Å². The van der Waals surface area contributed by atoms with Crippen molar-refractivity contribution in [3.8, 4) is 11.4 Å². The number of aromatic nitrogens is 2. The van der Waals surface area contributed by atoms with Crippen LogP contribution in [0.2, 0.25) is 0 Å². The topological polar surface area (TPSA) is 73.7 Å². The first-order valence-corrected chi connectivity index (χ1v) is 12.5. The Labute approximate surface area is 220 Å². The summed E-state index contributed by atoms with van der Waals surface area (Å²) in [5.74, 6) is 0.983. The summed E-state index contributed by atoms with van der Waals surface area (Å²) in [6.45, 7) is 2.56. The Balaban J connectivity index is 1.68. The molecule has 0 radical (unpaired) electrons. The minimum atomic E-state index is -0.545. The Morgan fingerprint density at radius 1 is 0.895 bits per heavy atom. The number of amides is 1. The van der Waals surface area contributed by atoms with Crippen molar-refractivity contribution in [2.24, 2.45) is 0 Å². The summed E-state index contributed by atoms with van der Waals surface area (Å²) in [5, 5.41) is 2.35. The van der Waals surface area contributed by atoms with E-state index in [0.717, 1.165) is 10.8 Å². The number of hydrogen-bond acceptors (Lipinski definition) is 5. The summed E-state index contributed by atoms with van der Waals surface area (Å²) in [7, 11) is 3.20. The van der Waals surface area contributed by atoms with Gasteiger partial charge < -0.3 is 14.4 Å². The second kappa shape index (κ2) is 10.9. The SMILES string of the molecule is COCCN(C(=O)c1cccc2ccccc12)C(C)c1nc2ccccc2c(=O)n1-c1ccc(OC)cc1. The van der Waals surface area contributed by atoms with Gasteiger partial charge in [-0.15, -0.1) is 0 Å². The van der Waals surface area contributed by atoms with E-state index in [2.05, 4.69) is 0 Å². The monoisotopic (exact) mass is 507 g/mol. The normalized spacial score (nSPS) is 12.0. The Kier molecular flexibility index (Phi) is 7.20. The van der Waals surface area contributed by atoms with Gasteiger partial charge in [-0.25, -0.2) is 4.98 Å². The van der Waals surface area contributed by atoms with Crippen LogP contribution in [-0.2, 0) is 4.74 Å². The second-order valence-corrected chi connectivity index (χ2v) is 9.02. The minimum Gasteiger partial charge on any atom is -0.497 e. The molecule has 0 saturated heterocycles. The molecule has 1 unspecified atom stereocenters. The number of carbonyl (C=O) groups excluding carboxylic acids is 1. The van der Waals surface area contributed by atoms with Crippen LogP contribution in [0.15, 0.2) is 95.8 Å². The number of methoxy groups -OCH3 is 2. The highest BCUT2D eigenvalue weighted by Crippen LogP contribution is 2.27. The third kappa shape index (κ3) is 4.64. The van der Waals surface area contributed by atoms with Gasteiger partial charge in [0, 0.05) is 19.2 Å². The summed E-state index contributed by atoms with van der Waals surface area (Å²) < 4.78 is 12.3.